The molecule has 24 heavy (non-hydrogen) atoms. The van der Waals surface area contributed by atoms with Crippen LogP contribution in [0.5, 0.6) is 11.5 Å². The van der Waals surface area contributed by atoms with Crippen LogP contribution >= 0.6 is 11.6 Å². The van der Waals surface area contributed by atoms with Crippen LogP contribution in [-0.2, 0) is 12.8 Å². The summed E-state index contributed by atoms with van der Waals surface area (Å²) in [5.41, 5.74) is 5.92. The van der Waals surface area contributed by atoms with Crippen LogP contribution in [0.2, 0.25) is 0 Å². The third-order valence-corrected chi connectivity index (χ3v) is 4.64. The molecule has 0 spiro atoms. The number of aryl methyl sites for hydroxylation is 1. The van der Waals surface area contributed by atoms with Gasteiger partial charge in [0.1, 0.15) is 11.5 Å². The molecule has 0 saturated carbocycles. The fourth-order valence-corrected chi connectivity index (χ4v) is 3.25. The largest absolute Gasteiger partial charge is 0.497 e. The van der Waals surface area contributed by atoms with Crippen LogP contribution in [0.1, 0.15) is 28.7 Å². The second-order valence-corrected chi connectivity index (χ2v) is 6.20. The first kappa shape index (κ1) is 16.8. The monoisotopic (exact) mass is 343 g/mol. The molecule has 0 aliphatic carbocycles. The Kier molecular flexibility index (Phi) is 5.41. The van der Waals surface area contributed by atoms with E-state index in [4.69, 9.17) is 26.1 Å². The Hall–Kier alpha value is -2.00. The SMILES string of the molecule is COc1ccc2c(c1)CCN=C2c1cc(OC)ccc1CCCCl. The van der Waals surface area contributed by atoms with Gasteiger partial charge >= 0.3 is 0 Å². The van der Waals surface area contributed by atoms with Gasteiger partial charge in [-0.25, -0.2) is 0 Å². The quantitative estimate of drug-likeness (QED) is 0.733. The summed E-state index contributed by atoms with van der Waals surface area (Å²) in [5, 5.41) is 0. The maximum absolute atomic E-state index is 5.89. The lowest BCUT2D eigenvalue weighted by atomic mass is 9.89. The molecule has 1 aliphatic heterocycles. The zero-order valence-electron chi connectivity index (χ0n) is 14.1. The molecule has 0 atom stereocenters. The van der Waals surface area contributed by atoms with Crippen molar-refractivity contribution >= 4 is 17.3 Å². The van der Waals surface area contributed by atoms with Crippen molar-refractivity contribution in [3.63, 3.8) is 0 Å². The highest BCUT2D eigenvalue weighted by Crippen LogP contribution is 2.28. The van der Waals surface area contributed by atoms with Gasteiger partial charge in [-0.3, -0.25) is 4.99 Å². The van der Waals surface area contributed by atoms with E-state index >= 15 is 0 Å². The van der Waals surface area contributed by atoms with Crippen molar-refractivity contribution in [3.8, 4) is 11.5 Å². The molecule has 0 radical (unpaired) electrons. The number of fused-ring (bicyclic) bond motifs is 1. The molecule has 0 amide bonds. The number of nitrogens with zero attached hydrogens (tertiary/aromatic N) is 1. The minimum atomic E-state index is 0.658. The zero-order chi connectivity index (χ0) is 16.9. The Balaban J connectivity index is 2.06. The molecule has 0 bridgehead atoms. The molecule has 2 aromatic carbocycles. The average molecular weight is 344 g/mol. The van der Waals surface area contributed by atoms with E-state index in [-0.39, 0.29) is 0 Å². The minimum Gasteiger partial charge on any atom is -0.497 e. The Morgan fingerprint density at radius 3 is 2.50 bits per heavy atom. The maximum Gasteiger partial charge on any atom is 0.119 e. The van der Waals surface area contributed by atoms with Gasteiger partial charge in [0.15, 0.2) is 0 Å². The van der Waals surface area contributed by atoms with E-state index in [0.717, 1.165) is 48.6 Å². The number of halogens is 1. The van der Waals surface area contributed by atoms with Gasteiger partial charge in [0, 0.05) is 23.6 Å². The molecule has 1 aliphatic rings. The van der Waals surface area contributed by atoms with Crippen molar-refractivity contribution in [1.82, 2.24) is 0 Å². The number of hydrogen-bond acceptors (Lipinski definition) is 3. The van der Waals surface area contributed by atoms with Gasteiger partial charge in [0.25, 0.3) is 0 Å². The second-order valence-electron chi connectivity index (χ2n) is 5.82. The summed E-state index contributed by atoms with van der Waals surface area (Å²) < 4.78 is 10.8. The van der Waals surface area contributed by atoms with E-state index in [1.54, 1.807) is 14.2 Å². The zero-order valence-corrected chi connectivity index (χ0v) is 14.9. The predicted molar refractivity (Wildman–Crippen MR) is 99.2 cm³/mol. The third kappa shape index (κ3) is 3.41. The molecule has 0 fully saturated rings. The molecule has 0 saturated heterocycles. The first-order valence-corrected chi connectivity index (χ1v) is 8.75. The summed E-state index contributed by atoms with van der Waals surface area (Å²) in [4.78, 5) is 4.83. The van der Waals surface area contributed by atoms with Crippen LogP contribution in [0.15, 0.2) is 41.4 Å². The van der Waals surface area contributed by atoms with Crippen molar-refractivity contribution in [2.24, 2.45) is 4.99 Å². The van der Waals surface area contributed by atoms with E-state index in [1.165, 1.54) is 16.7 Å². The lowest BCUT2D eigenvalue weighted by Crippen LogP contribution is -2.16. The van der Waals surface area contributed by atoms with E-state index in [1.807, 2.05) is 12.1 Å². The summed E-state index contributed by atoms with van der Waals surface area (Å²) in [6.07, 6.45) is 2.83. The first-order chi connectivity index (χ1) is 11.8. The van der Waals surface area contributed by atoms with Crippen LogP contribution in [-0.4, -0.2) is 32.4 Å². The Morgan fingerprint density at radius 1 is 1.00 bits per heavy atom. The average Bonchev–Trinajstić information content (AvgIpc) is 2.65. The third-order valence-electron chi connectivity index (χ3n) is 4.37. The number of ether oxygens (including phenoxy) is 2. The highest BCUT2D eigenvalue weighted by Gasteiger charge is 2.19. The molecular formula is C20H22ClNO2. The molecule has 3 rings (SSSR count). The number of benzene rings is 2. The van der Waals surface area contributed by atoms with Crippen molar-refractivity contribution in [2.45, 2.75) is 19.3 Å². The standard InChI is InChI=1S/C20H22ClNO2/c1-23-16-7-8-18-15(12-16)9-11-22-20(18)19-13-17(24-2)6-5-14(19)4-3-10-21/h5-8,12-13H,3-4,9-11H2,1-2H3. The number of aliphatic imine (C=N–C) groups is 1. The van der Waals surface area contributed by atoms with Gasteiger partial charge in [-0.2, -0.15) is 0 Å². The van der Waals surface area contributed by atoms with Crippen LogP contribution in [0.3, 0.4) is 0 Å². The normalized spacial score (nSPS) is 13.2. The molecular weight excluding hydrogens is 322 g/mol. The predicted octanol–water partition coefficient (Wildman–Crippen LogP) is 4.27. The lowest BCUT2D eigenvalue weighted by molar-refractivity contribution is 0.414. The summed E-state index contributed by atoms with van der Waals surface area (Å²) in [6, 6.07) is 12.4. The van der Waals surface area contributed by atoms with E-state index in [9.17, 15) is 0 Å². The van der Waals surface area contributed by atoms with Crippen molar-refractivity contribution in [2.75, 3.05) is 26.6 Å². The number of rotatable bonds is 6. The Morgan fingerprint density at radius 2 is 1.75 bits per heavy atom. The van der Waals surface area contributed by atoms with Crippen molar-refractivity contribution in [1.29, 1.82) is 0 Å². The van der Waals surface area contributed by atoms with Gasteiger partial charge in [-0.15, -0.1) is 11.6 Å². The number of hydrogen-bond donors (Lipinski definition) is 0. The van der Waals surface area contributed by atoms with Crippen LogP contribution in [0.25, 0.3) is 0 Å². The van der Waals surface area contributed by atoms with Gasteiger partial charge in [0.05, 0.1) is 19.9 Å². The molecule has 126 valence electrons. The molecule has 4 heteroatoms. The van der Waals surface area contributed by atoms with Crippen molar-refractivity contribution in [3.05, 3.63) is 58.7 Å². The number of alkyl halides is 1. The lowest BCUT2D eigenvalue weighted by Gasteiger charge is -2.20. The first-order valence-electron chi connectivity index (χ1n) is 8.22. The minimum absolute atomic E-state index is 0.658. The van der Waals surface area contributed by atoms with E-state index < -0.39 is 0 Å². The summed E-state index contributed by atoms with van der Waals surface area (Å²) in [7, 11) is 3.39. The Bertz CT molecular complexity index is 755. The summed E-state index contributed by atoms with van der Waals surface area (Å²) >= 11 is 5.89. The fourth-order valence-electron chi connectivity index (χ4n) is 3.12. The van der Waals surface area contributed by atoms with Crippen LogP contribution in [0, 0.1) is 0 Å². The fraction of sp³-hybridized carbons (Fsp3) is 0.350. The molecule has 3 nitrogen and oxygen atoms in total. The number of methoxy groups -OCH3 is 2. The van der Waals surface area contributed by atoms with Gasteiger partial charge < -0.3 is 9.47 Å². The molecule has 0 N–H and O–H groups in total. The smallest absolute Gasteiger partial charge is 0.119 e. The van der Waals surface area contributed by atoms with Gasteiger partial charge in [-0.05, 0) is 60.7 Å². The summed E-state index contributed by atoms with van der Waals surface area (Å²) in [5.74, 6) is 2.40. The molecule has 0 aromatic heterocycles. The molecule has 1 heterocycles. The van der Waals surface area contributed by atoms with Crippen LogP contribution in [0.4, 0.5) is 0 Å². The van der Waals surface area contributed by atoms with E-state index in [2.05, 4.69) is 24.3 Å². The van der Waals surface area contributed by atoms with Gasteiger partial charge in [-0.1, -0.05) is 6.07 Å². The molecule has 0 unspecified atom stereocenters. The topological polar surface area (TPSA) is 30.8 Å². The highest BCUT2D eigenvalue weighted by atomic mass is 35.5. The van der Waals surface area contributed by atoms with Crippen LogP contribution < -0.4 is 9.47 Å². The second kappa shape index (κ2) is 7.71. The highest BCUT2D eigenvalue weighted by molar-refractivity contribution is 6.18. The van der Waals surface area contributed by atoms with Gasteiger partial charge in [0.2, 0.25) is 0 Å². The Labute approximate surface area is 148 Å². The summed E-state index contributed by atoms with van der Waals surface area (Å²) in [6.45, 7) is 0.793. The van der Waals surface area contributed by atoms with Crippen molar-refractivity contribution < 1.29 is 9.47 Å². The van der Waals surface area contributed by atoms with E-state index in [0.29, 0.717) is 5.88 Å². The maximum atomic E-state index is 5.89. The molecule has 2 aromatic rings.